The number of aromatic nitrogens is 4. The van der Waals surface area contributed by atoms with Gasteiger partial charge in [-0.25, -0.2) is 0 Å². The molecule has 0 fully saturated rings. The second-order valence-corrected chi connectivity index (χ2v) is 25.2. The second-order valence-electron chi connectivity index (χ2n) is 23.0. The van der Waals surface area contributed by atoms with Crippen LogP contribution < -0.4 is 0 Å². The zero-order chi connectivity index (χ0) is 57.2. The predicted octanol–water partition coefficient (Wildman–Crippen LogP) is 22.3. The quantitative estimate of drug-likeness (QED) is 0.164. The van der Waals surface area contributed by atoms with Crippen LogP contribution >= 0.6 is 22.7 Å². The molecule has 0 atom stereocenters. The number of rotatable bonds is 6. The van der Waals surface area contributed by atoms with Crippen molar-refractivity contribution in [1.29, 1.82) is 5.26 Å². The molecule has 0 saturated carbocycles. The summed E-state index contributed by atoms with van der Waals surface area (Å²) in [6.07, 6.45) is 0. The zero-order valence-corrected chi connectivity index (χ0v) is 48.6. The van der Waals surface area contributed by atoms with Crippen LogP contribution in [0.5, 0.6) is 0 Å². The van der Waals surface area contributed by atoms with Crippen LogP contribution in [0.1, 0.15) is 11.1 Å². The third-order valence-corrected chi connectivity index (χ3v) is 20.8. The van der Waals surface area contributed by atoms with E-state index in [9.17, 15) is 5.26 Å². The van der Waals surface area contributed by atoms with Gasteiger partial charge in [-0.1, -0.05) is 182 Å². The van der Waals surface area contributed by atoms with E-state index in [1.807, 2.05) is 22.7 Å². The Hall–Kier alpha value is -11.0. The van der Waals surface area contributed by atoms with Crippen LogP contribution in [0.2, 0.25) is 0 Å². The Morgan fingerprint density at radius 1 is 0.253 bits per heavy atom. The van der Waals surface area contributed by atoms with E-state index < -0.39 is 0 Å². The van der Waals surface area contributed by atoms with Crippen LogP contribution in [0, 0.1) is 18.3 Å². The van der Waals surface area contributed by atoms with E-state index in [0.717, 1.165) is 138 Å². The summed E-state index contributed by atoms with van der Waals surface area (Å²) in [6, 6.07) is 101. The summed E-state index contributed by atoms with van der Waals surface area (Å²) in [7, 11) is 0. The molecule has 0 aliphatic heterocycles. The normalized spacial score (nSPS) is 12.2. The first-order chi connectivity index (χ1) is 43.1. The molecule has 87 heavy (non-hydrogen) atoms. The van der Waals surface area contributed by atoms with E-state index in [4.69, 9.17) is 0 Å². The summed E-state index contributed by atoms with van der Waals surface area (Å²) < 4.78 is 14.8. The molecule has 0 aliphatic carbocycles. The van der Waals surface area contributed by atoms with E-state index >= 15 is 0 Å². The molecule has 7 heteroatoms. The van der Waals surface area contributed by atoms with Crippen LogP contribution in [0.4, 0.5) is 0 Å². The van der Waals surface area contributed by atoms with Gasteiger partial charge in [-0.3, -0.25) is 0 Å². The van der Waals surface area contributed by atoms with E-state index in [1.54, 1.807) is 0 Å². The van der Waals surface area contributed by atoms with Gasteiger partial charge in [-0.05, 0) is 114 Å². The topological polar surface area (TPSA) is 43.5 Å². The number of thiophene rings is 2. The van der Waals surface area contributed by atoms with Crippen molar-refractivity contribution >= 4 is 150 Å². The fraction of sp³-hybridized carbons (Fsp3) is 0.0125. The molecule has 6 heterocycles. The Morgan fingerprint density at radius 3 is 0.966 bits per heavy atom. The van der Waals surface area contributed by atoms with Crippen LogP contribution in [-0.2, 0) is 0 Å². The standard InChI is InChI=1S/C80H47N5S2/c1-47-77(84-69-38-36-50(48-20-4-2-5-21-48)40-58(69)60-42-62-56-28-12-18-34-73(56)86-75(62)44-71(60)84)79(82-65-30-14-8-24-52(65)53-25-9-15-31-66(53)82)64(46-81)80(83-67-32-16-10-26-54(67)55-27-11-17-33-68(55)83)78(47)85-70-39-37-51(49-22-6-3-7-23-49)41-59(70)61-43-63-57-29-13-19-35-74(57)87-76(63)45-72(61)85/h2-45H,1H3. The van der Waals surface area contributed by atoms with E-state index in [2.05, 4.69) is 298 Å². The first-order valence-electron chi connectivity index (χ1n) is 29.5. The Labute approximate surface area is 506 Å². The maximum atomic E-state index is 13.1. The van der Waals surface area contributed by atoms with Gasteiger partial charge in [0.1, 0.15) is 11.6 Å². The number of hydrogen-bond acceptors (Lipinski definition) is 3. The smallest absolute Gasteiger partial charge is 0.104 e. The molecule has 0 spiro atoms. The lowest BCUT2D eigenvalue weighted by molar-refractivity contribution is 1.01. The molecule has 404 valence electrons. The van der Waals surface area contributed by atoms with E-state index in [0.29, 0.717) is 5.56 Å². The van der Waals surface area contributed by atoms with Crippen molar-refractivity contribution in [2.24, 2.45) is 0 Å². The SMILES string of the molecule is Cc1c(-n2c3ccc(-c4ccccc4)cc3c3cc4c(cc32)sc2ccccc24)c(-n2c3ccccc3c3ccccc32)c(C#N)c(-n2c3ccccc3c3ccccc32)c1-n1c2ccc(-c3ccccc3)cc2c2cc3c(cc21)sc1ccccc13. The van der Waals surface area contributed by atoms with E-state index in [1.165, 1.54) is 40.3 Å². The zero-order valence-electron chi connectivity index (χ0n) is 47.0. The predicted molar refractivity (Wildman–Crippen MR) is 370 cm³/mol. The number of para-hydroxylation sites is 4. The summed E-state index contributed by atoms with van der Waals surface area (Å²) >= 11 is 3.68. The van der Waals surface area contributed by atoms with Crippen molar-refractivity contribution in [3.63, 3.8) is 0 Å². The fourth-order valence-corrected chi connectivity index (χ4v) is 17.1. The lowest BCUT2D eigenvalue weighted by Gasteiger charge is -2.28. The molecule has 5 nitrogen and oxygen atoms in total. The van der Waals surface area contributed by atoms with Crippen molar-refractivity contribution in [2.45, 2.75) is 6.92 Å². The van der Waals surface area contributed by atoms with Crippen LogP contribution in [0.25, 0.3) is 173 Å². The van der Waals surface area contributed by atoms with Gasteiger partial charge in [0.25, 0.3) is 0 Å². The third-order valence-electron chi connectivity index (χ3n) is 18.5. The lowest BCUT2D eigenvalue weighted by atomic mass is 9.98. The Morgan fingerprint density at radius 2 is 0.575 bits per heavy atom. The summed E-state index contributed by atoms with van der Waals surface area (Å²) in [6.45, 7) is 2.34. The highest BCUT2D eigenvalue weighted by atomic mass is 32.1. The molecular weight excluding hydrogens is 1100 g/mol. The monoisotopic (exact) mass is 1140 g/mol. The van der Waals surface area contributed by atoms with Gasteiger partial charge in [-0.2, -0.15) is 5.26 Å². The van der Waals surface area contributed by atoms with Crippen molar-refractivity contribution in [2.75, 3.05) is 0 Å². The third kappa shape index (κ3) is 6.77. The van der Waals surface area contributed by atoms with Crippen LogP contribution in [0.15, 0.2) is 267 Å². The first-order valence-corrected chi connectivity index (χ1v) is 31.2. The molecule has 6 aromatic heterocycles. The number of nitriles is 1. The average molecular weight is 1140 g/mol. The molecule has 0 aliphatic rings. The Balaban J connectivity index is 1.08. The first kappa shape index (κ1) is 48.4. The number of hydrogen-bond donors (Lipinski definition) is 0. The molecule has 0 unspecified atom stereocenters. The number of nitrogens with zero attached hydrogens (tertiary/aromatic N) is 5. The van der Waals surface area contributed by atoms with Crippen molar-refractivity contribution in [3.8, 4) is 51.1 Å². The minimum absolute atomic E-state index is 0.557. The van der Waals surface area contributed by atoms with Crippen molar-refractivity contribution in [3.05, 3.63) is 278 Å². The summed E-state index contributed by atoms with van der Waals surface area (Å²) in [5.74, 6) is 0. The average Bonchev–Trinajstić information content (AvgIpc) is 1.63. The highest BCUT2D eigenvalue weighted by molar-refractivity contribution is 7.26. The summed E-state index contributed by atoms with van der Waals surface area (Å²) in [4.78, 5) is 0. The minimum Gasteiger partial charge on any atom is -0.307 e. The molecule has 0 radical (unpaired) electrons. The highest BCUT2D eigenvalue weighted by Crippen LogP contribution is 2.51. The largest absolute Gasteiger partial charge is 0.307 e. The molecule has 13 aromatic carbocycles. The lowest BCUT2D eigenvalue weighted by Crippen LogP contribution is -2.16. The van der Waals surface area contributed by atoms with Gasteiger partial charge < -0.3 is 18.3 Å². The van der Waals surface area contributed by atoms with Gasteiger partial charge in [0.2, 0.25) is 0 Å². The maximum Gasteiger partial charge on any atom is 0.104 e. The van der Waals surface area contributed by atoms with Crippen molar-refractivity contribution in [1.82, 2.24) is 18.3 Å². The molecule has 0 saturated heterocycles. The molecule has 0 amide bonds. The summed E-state index contributed by atoms with van der Waals surface area (Å²) in [5, 5.41) is 27.1. The number of benzene rings is 13. The van der Waals surface area contributed by atoms with Gasteiger partial charge in [0, 0.05) is 89.0 Å². The van der Waals surface area contributed by atoms with Crippen LogP contribution in [-0.4, -0.2) is 18.3 Å². The Bertz CT molecular complexity index is 5740. The van der Waals surface area contributed by atoms with Gasteiger partial charge in [-0.15, -0.1) is 22.7 Å². The van der Waals surface area contributed by atoms with Gasteiger partial charge in [0.15, 0.2) is 0 Å². The van der Waals surface area contributed by atoms with Crippen molar-refractivity contribution < 1.29 is 0 Å². The fourth-order valence-electron chi connectivity index (χ4n) is 14.8. The molecule has 19 rings (SSSR count). The highest BCUT2D eigenvalue weighted by Gasteiger charge is 2.34. The van der Waals surface area contributed by atoms with Crippen LogP contribution in [0.3, 0.4) is 0 Å². The van der Waals surface area contributed by atoms with Gasteiger partial charge >= 0.3 is 0 Å². The molecule has 0 N–H and O–H groups in total. The molecular formula is C80H47N5S2. The molecule has 19 aromatic rings. The maximum absolute atomic E-state index is 13.1. The minimum atomic E-state index is 0.557. The molecule has 0 bridgehead atoms. The van der Waals surface area contributed by atoms with E-state index in [-0.39, 0.29) is 0 Å². The Kier molecular flexibility index (Phi) is 10.1. The van der Waals surface area contributed by atoms with Gasteiger partial charge in [0.05, 0.1) is 66.9 Å². The summed E-state index contributed by atoms with van der Waals surface area (Å²) in [5.41, 5.74) is 18.0. The number of fused-ring (bicyclic) bond motifs is 18. The second kappa shape index (κ2) is 18.2.